The molecule has 1 aromatic carbocycles. The SMILES string of the molecule is CCCCCc1cc(O)c(C/C=C(\C)CCC=C(C)C)c(O)c1-c1ccccn1. The number of phenolic OH excluding ortho intramolecular Hbond substituents is 2. The van der Waals surface area contributed by atoms with Gasteiger partial charge in [-0.05, 0) is 76.6 Å². The Labute approximate surface area is 175 Å². The zero-order chi connectivity index (χ0) is 21.2. The second kappa shape index (κ2) is 11.5. The Bertz CT molecular complexity index is 847. The third-order valence-electron chi connectivity index (χ3n) is 5.18. The van der Waals surface area contributed by atoms with Gasteiger partial charge in [0, 0.05) is 17.3 Å². The molecular formula is C26H35NO2. The molecule has 0 amide bonds. The molecule has 1 heterocycles. The van der Waals surface area contributed by atoms with Crippen molar-refractivity contribution in [3.63, 3.8) is 0 Å². The van der Waals surface area contributed by atoms with Crippen molar-refractivity contribution in [3.8, 4) is 22.8 Å². The Kier molecular flexibility index (Phi) is 8.98. The average molecular weight is 394 g/mol. The van der Waals surface area contributed by atoms with E-state index in [-0.39, 0.29) is 11.5 Å². The van der Waals surface area contributed by atoms with Crippen LogP contribution in [0.4, 0.5) is 0 Å². The number of aryl methyl sites for hydroxylation is 1. The van der Waals surface area contributed by atoms with Crippen LogP contribution >= 0.6 is 0 Å². The van der Waals surface area contributed by atoms with Crippen LogP contribution in [0.2, 0.25) is 0 Å². The van der Waals surface area contributed by atoms with Gasteiger partial charge in [0.15, 0.2) is 0 Å². The van der Waals surface area contributed by atoms with Gasteiger partial charge in [0.2, 0.25) is 0 Å². The van der Waals surface area contributed by atoms with Gasteiger partial charge in [-0.25, -0.2) is 0 Å². The molecule has 0 saturated heterocycles. The number of hydrogen-bond acceptors (Lipinski definition) is 3. The number of allylic oxidation sites excluding steroid dienone is 4. The molecule has 0 atom stereocenters. The Morgan fingerprint density at radius 2 is 1.86 bits per heavy atom. The molecule has 0 bridgehead atoms. The van der Waals surface area contributed by atoms with Crippen LogP contribution in [-0.2, 0) is 12.8 Å². The lowest BCUT2D eigenvalue weighted by Crippen LogP contribution is -1.97. The van der Waals surface area contributed by atoms with Gasteiger partial charge in [-0.2, -0.15) is 0 Å². The number of aromatic nitrogens is 1. The van der Waals surface area contributed by atoms with E-state index >= 15 is 0 Å². The summed E-state index contributed by atoms with van der Waals surface area (Å²) in [6, 6.07) is 7.54. The quantitative estimate of drug-likeness (QED) is 0.333. The Morgan fingerprint density at radius 3 is 2.52 bits per heavy atom. The molecule has 3 heteroatoms. The molecule has 0 unspecified atom stereocenters. The highest BCUT2D eigenvalue weighted by Gasteiger charge is 2.19. The van der Waals surface area contributed by atoms with Crippen molar-refractivity contribution in [2.45, 2.75) is 72.6 Å². The minimum Gasteiger partial charge on any atom is -0.508 e. The molecule has 2 N–H and O–H groups in total. The van der Waals surface area contributed by atoms with Crippen LogP contribution in [0, 0.1) is 0 Å². The topological polar surface area (TPSA) is 53.4 Å². The summed E-state index contributed by atoms with van der Waals surface area (Å²) >= 11 is 0. The number of benzene rings is 1. The predicted molar refractivity (Wildman–Crippen MR) is 122 cm³/mol. The molecule has 3 nitrogen and oxygen atoms in total. The largest absolute Gasteiger partial charge is 0.508 e. The van der Waals surface area contributed by atoms with Crippen LogP contribution in [-0.4, -0.2) is 15.2 Å². The second-order valence-electron chi connectivity index (χ2n) is 8.00. The zero-order valence-corrected chi connectivity index (χ0v) is 18.3. The highest BCUT2D eigenvalue weighted by Crippen LogP contribution is 2.40. The first-order valence-electron chi connectivity index (χ1n) is 10.7. The summed E-state index contributed by atoms with van der Waals surface area (Å²) in [6.07, 6.45) is 12.7. The van der Waals surface area contributed by atoms with Crippen LogP contribution in [0.15, 0.2) is 53.8 Å². The van der Waals surface area contributed by atoms with Gasteiger partial charge in [-0.15, -0.1) is 0 Å². The fourth-order valence-corrected chi connectivity index (χ4v) is 3.48. The molecule has 0 aliphatic heterocycles. The summed E-state index contributed by atoms with van der Waals surface area (Å²) in [7, 11) is 0. The molecule has 0 saturated carbocycles. The molecule has 2 rings (SSSR count). The summed E-state index contributed by atoms with van der Waals surface area (Å²) in [5.74, 6) is 0.325. The molecule has 0 fully saturated rings. The smallest absolute Gasteiger partial charge is 0.132 e. The van der Waals surface area contributed by atoms with Crippen LogP contribution in [0.5, 0.6) is 11.5 Å². The summed E-state index contributed by atoms with van der Waals surface area (Å²) in [6.45, 7) is 8.49. The Morgan fingerprint density at radius 1 is 1.07 bits per heavy atom. The van der Waals surface area contributed by atoms with Gasteiger partial charge in [-0.3, -0.25) is 4.98 Å². The molecule has 156 valence electrons. The van der Waals surface area contributed by atoms with Crippen molar-refractivity contribution >= 4 is 0 Å². The van der Waals surface area contributed by atoms with Gasteiger partial charge < -0.3 is 10.2 Å². The van der Waals surface area contributed by atoms with Gasteiger partial charge in [0.25, 0.3) is 0 Å². The van der Waals surface area contributed by atoms with Gasteiger partial charge >= 0.3 is 0 Å². The van der Waals surface area contributed by atoms with Crippen molar-refractivity contribution in [2.24, 2.45) is 0 Å². The summed E-state index contributed by atoms with van der Waals surface area (Å²) in [5, 5.41) is 21.7. The normalized spacial score (nSPS) is 11.5. The van der Waals surface area contributed by atoms with E-state index in [9.17, 15) is 10.2 Å². The van der Waals surface area contributed by atoms with E-state index in [1.807, 2.05) is 24.3 Å². The molecule has 0 aliphatic rings. The monoisotopic (exact) mass is 393 g/mol. The van der Waals surface area contributed by atoms with Crippen molar-refractivity contribution in [3.05, 3.63) is 64.9 Å². The number of pyridine rings is 1. The van der Waals surface area contributed by atoms with E-state index in [4.69, 9.17) is 0 Å². The van der Waals surface area contributed by atoms with Crippen LogP contribution < -0.4 is 0 Å². The van der Waals surface area contributed by atoms with E-state index < -0.39 is 0 Å². The minimum absolute atomic E-state index is 0.156. The average Bonchev–Trinajstić information content (AvgIpc) is 2.68. The first-order valence-corrected chi connectivity index (χ1v) is 10.7. The van der Waals surface area contributed by atoms with Crippen molar-refractivity contribution < 1.29 is 10.2 Å². The van der Waals surface area contributed by atoms with Crippen molar-refractivity contribution in [2.75, 3.05) is 0 Å². The molecular weight excluding hydrogens is 358 g/mol. The highest BCUT2D eigenvalue weighted by atomic mass is 16.3. The third kappa shape index (κ3) is 6.77. The van der Waals surface area contributed by atoms with Crippen LogP contribution in [0.25, 0.3) is 11.3 Å². The zero-order valence-electron chi connectivity index (χ0n) is 18.3. The lowest BCUT2D eigenvalue weighted by atomic mass is 9.93. The first-order chi connectivity index (χ1) is 13.9. The summed E-state index contributed by atoms with van der Waals surface area (Å²) in [4.78, 5) is 4.46. The number of rotatable bonds is 10. The van der Waals surface area contributed by atoms with E-state index in [1.165, 1.54) is 11.1 Å². The van der Waals surface area contributed by atoms with Gasteiger partial charge in [0.05, 0.1) is 5.69 Å². The summed E-state index contributed by atoms with van der Waals surface area (Å²) in [5.41, 5.74) is 5.62. The maximum absolute atomic E-state index is 11.1. The van der Waals surface area contributed by atoms with Crippen molar-refractivity contribution in [1.29, 1.82) is 0 Å². The fourth-order valence-electron chi connectivity index (χ4n) is 3.48. The van der Waals surface area contributed by atoms with Gasteiger partial charge in [0.1, 0.15) is 11.5 Å². The number of phenols is 2. The van der Waals surface area contributed by atoms with Crippen LogP contribution in [0.3, 0.4) is 0 Å². The first kappa shape index (κ1) is 22.7. The molecule has 29 heavy (non-hydrogen) atoms. The number of hydrogen-bond donors (Lipinski definition) is 2. The molecule has 2 aromatic rings. The molecule has 1 aromatic heterocycles. The number of unbranched alkanes of at least 4 members (excludes halogenated alkanes) is 2. The standard InChI is InChI=1S/C26H35NO2/c1-5-6-7-13-21-18-24(28)22(16-15-20(4)12-10-11-19(2)3)26(29)25(21)23-14-8-9-17-27-23/h8-9,11,14-15,17-18,28-29H,5-7,10,12-13,16H2,1-4H3/b20-15+. The fraction of sp³-hybridized carbons (Fsp3) is 0.423. The number of nitrogens with zero attached hydrogens (tertiary/aromatic N) is 1. The van der Waals surface area contributed by atoms with E-state index in [0.717, 1.165) is 55.3 Å². The van der Waals surface area contributed by atoms with Gasteiger partial charge in [-0.1, -0.05) is 49.1 Å². The third-order valence-corrected chi connectivity index (χ3v) is 5.18. The molecule has 0 radical (unpaired) electrons. The van der Waals surface area contributed by atoms with E-state index in [1.54, 1.807) is 6.20 Å². The van der Waals surface area contributed by atoms with E-state index in [2.05, 4.69) is 44.8 Å². The molecule has 0 spiro atoms. The lowest BCUT2D eigenvalue weighted by molar-refractivity contribution is 0.440. The number of aromatic hydroxyl groups is 2. The Balaban J connectivity index is 2.34. The predicted octanol–water partition coefficient (Wildman–Crippen LogP) is 7.13. The lowest BCUT2D eigenvalue weighted by Gasteiger charge is -2.16. The summed E-state index contributed by atoms with van der Waals surface area (Å²) < 4.78 is 0. The molecule has 0 aliphatic carbocycles. The maximum Gasteiger partial charge on any atom is 0.132 e. The van der Waals surface area contributed by atoms with E-state index in [0.29, 0.717) is 12.0 Å². The second-order valence-corrected chi connectivity index (χ2v) is 8.00. The highest BCUT2D eigenvalue weighted by molar-refractivity contribution is 5.75. The Hall–Kier alpha value is -2.55. The maximum atomic E-state index is 11.1. The van der Waals surface area contributed by atoms with Crippen LogP contribution in [0.1, 0.15) is 70.9 Å². The van der Waals surface area contributed by atoms with Crippen molar-refractivity contribution in [1.82, 2.24) is 4.98 Å². The minimum atomic E-state index is 0.156.